The number of ether oxygens (including phenoxy) is 2. The number of nitrogen functional groups attached to an aromatic ring is 1. The maximum Gasteiger partial charge on any atom is 0.407 e. The number of aromatic nitrogens is 2. The van der Waals surface area contributed by atoms with Gasteiger partial charge in [0, 0.05) is 17.1 Å². The van der Waals surface area contributed by atoms with Crippen LogP contribution in [0.15, 0.2) is 23.2 Å². The van der Waals surface area contributed by atoms with E-state index in [0.717, 1.165) is 47.5 Å². The first-order chi connectivity index (χ1) is 17.0. The van der Waals surface area contributed by atoms with Crippen LogP contribution in [0, 0.1) is 18.8 Å². The molecule has 36 heavy (non-hydrogen) atoms. The maximum atomic E-state index is 11.8. The van der Waals surface area contributed by atoms with Gasteiger partial charge in [0.05, 0.1) is 12.3 Å². The molecule has 2 heterocycles. The number of carbonyl (C=O) groups excluding carboxylic acids is 1. The molecule has 1 aromatic carbocycles. The number of aryl methyl sites for hydroxylation is 1. The maximum absolute atomic E-state index is 11.8. The Morgan fingerprint density at radius 2 is 1.97 bits per heavy atom. The van der Waals surface area contributed by atoms with E-state index in [4.69, 9.17) is 31.8 Å². The molecule has 1 amide bonds. The summed E-state index contributed by atoms with van der Waals surface area (Å²) < 4.78 is 11.4. The zero-order chi connectivity index (χ0) is 26.0. The number of anilines is 1. The molecule has 0 unspecified atom stereocenters. The van der Waals surface area contributed by atoms with Crippen molar-refractivity contribution in [2.45, 2.75) is 71.8 Å². The van der Waals surface area contributed by atoms with Gasteiger partial charge in [0.2, 0.25) is 5.88 Å². The third kappa shape index (κ3) is 5.91. The average molecular weight is 514 g/mol. The van der Waals surface area contributed by atoms with Crippen molar-refractivity contribution in [3.8, 4) is 5.88 Å². The summed E-state index contributed by atoms with van der Waals surface area (Å²) in [5, 5.41) is 3.63. The predicted octanol–water partition coefficient (Wildman–Crippen LogP) is 5.97. The normalized spacial score (nSPS) is 20.8. The standard InChI is InChI=1S/C27H36ClN5O3/c1-15(2)14-35-26(34)30-13-17-6-8-18(9-7-17)20-11-10-19(12-21(20)28)23-27(4,5)36-25-22(33-23)24(29)31-16(3)32-25/h10-12,15,17-18H,6-9,13-14H2,1-5H3,(H,30,34)(H2,29,31,32). The van der Waals surface area contributed by atoms with Crippen LogP contribution in [0.3, 0.4) is 0 Å². The number of benzene rings is 1. The Morgan fingerprint density at radius 3 is 2.64 bits per heavy atom. The van der Waals surface area contributed by atoms with Crippen LogP contribution in [0.25, 0.3) is 0 Å². The van der Waals surface area contributed by atoms with Gasteiger partial charge in [-0.15, -0.1) is 0 Å². The minimum atomic E-state index is -0.702. The minimum absolute atomic E-state index is 0.299. The number of amides is 1. The molecule has 4 rings (SSSR count). The Balaban J connectivity index is 1.42. The molecule has 2 aliphatic rings. The fourth-order valence-corrected chi connectivity index (χ4v) is 5.23. The molecular formula is C27H36ClN5O3. The Labute approximate surface area is 218 Å². The zero-order valence-corrected chi connectivity index (χ0v) is 22.5. The number of rotatable bonds is 6. The highest BCUT2D eigenvalue weighted by molar-refractivity contribution is 6.32. The number of nitrogens with one attached hydrogen (secondary N) is 1. The highest BCUT2D eigenvalue weighted by Crippen LogP contribution is 2.42. The van der Waals surface area contributed by atoms with Crippen LogP contribution < -0.4 is 15.8 Å². The van der Waals surface area contributed by atoms with Gasteiger partial charge in [-0.2, -0.15) is 4.98 Å². The van der Waals surface area contributed by atoms with E-state index in [2.05, 4.69) is 27.4 Å². The van der Waals surface area contributed by atoms with Crippen LogP contribution in [0.1, 0.15) is 76.2 Å². The molecule has 0 atom stereocenters. The number of nitrogens with zero attached hydrogens (tertiary/aromatic N) is 3. The first-order valence-corrected chi connectivity index (χ1v) is 13.0. The number of hydrogen-bond donors (Lipinski definition) is 2. The molecular weight excluding hydrogens is 478 g/mol. The van der Waals surface area contributed by atoms with Crippen LogP contribution >= 0.6 is 11.6 Å². The van der Waals surface area contributed by atoms with Crippen molar-refractivity contribution >= 4 is 34.9 Å². The quantitative estimate of drug-likeness (QED) is 0.492. The molecule has 2 aromatic rings. The molecule has 0 bridgehead atoms. The molecule has 1 aliphatic heterocycles. The van der Waals surface area contributed by atoms with Gasteiger partial charge in [-0.3, -0.25) is 0 Å². The lowest BCUT2D eigenvalue weighted by Gasteiger charge is -2.33. The largest absolute Gasteiger partial charge is 0.463 e. The summed E-state index contributed by atoms with van der Waals surface area (Å²) in [4.78, 5) is 25.2. The van der Waals surface area contributed by atoms with Crippen LogP contribution in [-0.2, 0) is 4.74 Å². The molecule has 9 heteroatoms. The van der Waals surface area contributed by atoms with Gasteiger partial charge >= 0.3 is 6.09 Å². The second-order valence-electron chi connectivity index (χ2n) is 10.7. The van der Waals surface area contributed by atoms with Gasteiger partial charge in [0.25, 0.3) is 0 Å². The second-order valence-corrected chi connectivity index (χ2v) is 11.1. The summed E-state index contributed by atoms with van der Waals surface area (Å²) in [5.41, 5.74) is 8.63. The molecule has 1 saturated carbocycles. The number of fused-ring (bicyclic) bond motifs is 1. The van der Waals surface area contributed by atoms with Crippen molar-refractivity contribution in [3.63, 3.8) is 0 Å². The number of alkyl carbamates (subject to hydrolysis) is 1. The Morgan fingerprint density at radius 1 is 1.25 bits per heavy atom. The summed E-state index contributed by atoms with van der Waals surface area (Å²) in [6.45, 7) is 10.8. The lowest BCUT2D eigenvalue weighted by atomic mass is 9.78. The van der Waals surface area contributed by atoms with E-state index in [1.807, 2.05) is 33.8 Å². The van der Waals surface area contributed by atoms with Gasteiger partial charge < -0.3 is 20.5 Å². The monoisotopic (exact) mass is 513 g/mol. The van der Waals surface area contributed by atoms with E-state index in [1.54, 1.807) is 6.92 Å². The summed E-state index contributed by atoms with van der Waals surface area (Å²) in [6.07, 6.45) is 3.81. The fraction of sp³-hybridized carbons (Fsp3) is 0.556. The van der Waals surface area contributed by atoms with Crippen LogP contribution in [0.2, 0.25) is 5.02 Å². The highest BCUT2D eigenvalue weighted by Gasteiger charge is 2.36. The Kier molecular flexibility index (Phi) is 7.73. The SMILES string of the molecule is Cc1nc(N)c2c(n1)OC(C)(C)C(c1ccc(C3CCC(CNC(=O)OCC(C)C)CC3)c(Cl)c1)=N2. The third-order valence-corrected chi connectivity index (χ3v) is 7.11. The summed E-state index contributed by atoms with van der Waals surface area (Å²) >= 11 is 6.81. The van der Waals surface area contributed by atoms with Crippen LogP contribution in [0.5, 0.6) is 5.88 Å². The van der Waals surface area contributed by atoms with Gasteiger partial charge in [-0.25, -0.2) is 14.8 Å². The number of nitrogens with two attached hydrogens (primary N) is 1. The predicted molar refractivity (Wildman–Crippen MR) is 142 cm³/mol. The van der Waals surface area contributed by atoms with E-state index in [1.165, 1.54) is 0 Å². The Bertz CT molecular complexity index is 1160. The lowest BCUT2D eigenvalue weighted by molar-refractivity contribution is 0.130. The third-order valence-electron chi connectivity index (χ3n) is 6.78. The molecule has 0 spiro atoms. The van der Waals surface area contributed by atoms with Gasteiger partial charge in [-0.05, 0) is 75.8 Å². The fourth-order valence-electron chi connectivity index (χ4n) is 4.89. The van der Waals surface area contributed by atoms with E-state index < -0.39 is 5.60 Å². The van der Waals surface area contributed by atoms with Gasteiger partial charge in [-0.1, -0.05) is 37.6 Å². The molecule has 1 fully saturated rings. The van der Waals surface area contributed by atoms with Crippen molar-refractivity contribution in [3.05, 3.63) is 40.2 Å². The average Bonchev–Trinajstić information content (AvgIpc) is 2.80. The number of hydrogen-bond acceptors (Lipinski definition) is 7. The zero-order valence-electron chi connectivity index (χ0n) is 21.7. The van der Waals surface area contributed by atoms with Crippen LogP contribution in [-0.4, -0.2) is 40.5 Å². The first-order valence-electron chi connectivity index (χ1n) is 12.7. The molecule has 8 nitrogen and oxygen atoms in total. The molecule has 0 radical (unpaired) electrons. The summed E-state index contributed by atoms with van der Waals surface area (Å²) in [6, 6.07) is 6.13. The smallest absolute Gasteiger partial charge is 0.407 e. The van der Waals surface area contributed by atoms with Gasteiger partial charge in [0.15, 0.2) is 11.5 Å². The molecule has 3 N–H and O–H groups in total. The number of aliphatic imine (C=N–C) groups is 1. The number of halogens is 1. The van der Waals surface area contributed by atoms with E-state index in [-0.39, 0.29) is 6.09 Å². The van der Waals surface area contributed by atoms with Crippen molar-refractivity contribution in [2.75, 3.05) is 18.9 Å². The summed E-state index contributed by atoms with van der Waals surface area (Å²) in [5.74, 6) is 2.42. The summed E-state index contributed by atoms with van der Waals surface area (Å²) in [7, 11) is 0. The number of carbonyl (C=O) groups is 1. The van der Waals surface area contributed by atoms with Crippen molar-refractivity contribution in [1.29, 1.82) is 0 Å². The van der Waals surface area contributed by atoms with Crippen molar-refractivity contribution in [1.82, 2.24) is 15.3 Å². The highest BCUT2D eigenvalue weighted by atomic mass is 35.5. The van der Waals surface area contributed by atoms with Crippen LogP contribution in [0.4, 0.5) is 16.3 Å². The van der Waals surface area contributed by atoms with Crippen molar-refractivity contribution < 1.29 is 14.3 Å². The van der Waals surface area contributed by atoms with E-state index >= 15 is 0 Å². The first kappa shape index (κ1) is 26.2. The Hall–Kier alpha value is -2.87. The second kappa shape index (κ2) is 10.6. The van der Waals surface area contributed by atoms with E-state index in [0.29, 0.717) is 54.1 Å². The lowest BCUT2D eigenvalue weighted by Crippen LogP contribution is -2.41. The van der Waals surface area contributed by atoms with Crippen molar-refractivity contribution in [2.24, 2.45) is 16.8 Å². The molecule has 194 valence electrons. The van der Waals surface area contributed by atoms with Gasteiger partial charge in [0.1, 0.15) is 11.4 Å². The molecule has 1 aromatic heterocycles. The van der Waals surface area contributed by atoms with E-state index in [9.17, 15) is 4.79 Å². The molecule has 1 aliphatic carbocycles. The topological polar surface area (TPSA) is 112 Å². The molecule has 0 saturated heterocycles. The minimum Gasteiger partial charge on any atom is -0.463 e.